The molecule has 0 unspecified atom stereocenters. The molecular weight excluding hydrogens is 192 g/mol. The first kappa shape index (κ1) is 10.2. The van der Waals surface area contributed by atoms with Crippen LogP contribution in [0.3, 0.4) is 0 Å². The minimum absolute atomic E-state index is 0.367. The maximum atomic E-state index is 11.1. The SMILES string of the molecule is CN1CCC(n2ccnc2C(N)=O)CC1. The molecule has 15 heavy (non-hydrogen) atoms. The lowest BCUT2D eigenvalue weighted by molar-refractivity contribution is 0.0980. The van der Waals surface area contributed by atoms with E-state index in [9.17, 15) is 4.79 Å². The van der Waals surface area contributed by atoms with E-state index in [0.717, 1.165) is 25.9 Å². The topological polar surface area (TPSA) is 64.2 Å². The average molecular weight is 208 g/mol. The molecule has 2 N–H and O–H groups in total. The Morgan fingerprint density at radius 1 is 1.53 bits per heavy atom. The molecule has 5 heteroatoms. The Morgan fingerprint density at radius 3 is 2.80 bits per heavy atom. The monoisotopic (exact) mass is 208 g/mol. The van der Waals surface area contributed by atoms with Gasteiger partial charge in [-0.2, -0.15) is 0 Å². The van der Waals surface area contributed by atoms with E-state index in [0.29, 0.717) is 11.9 Å². The van der Waals surface area contributed by atoms with E-state index in [1.54, 1.807) is 6.20 Å². The number of rotatable bonds is 2. The van der Waals surface area contributed by atoms with Crippen molar-refractivity contribution in [2.45, 2.75) is 18.9 Å². The number of nitrogens with zero attached hydrogens (tertiary/aromatic N) is 3. The first-order chi connectivity index (χ1) is 7.18. The summed E-state index contributed by atoms with van der Waals surface area (Å²) in [6.45, 7) is 2.11. The number of primary amides is 1. The van der Waals surface area contributed by atoms with E-state index in [2.05, 4.69) is 16.9 Å². The van der Waals surface area contributed by atoms with Crippen LogP contribution in [0, 0.1) is 0 Å². The van der Waals surface area contributed by atoms with Crippen molar-refractivity contribution in [1.82, 2.24) is 14.5 Å². The van der Waals surface area contributed by atoms with E-state index >= 15 is 0 Å². The smallest absolute Gasteiger partial charge is 0.284 e. The zero-order valence-electron chi connectivity index (χ0n) is 8.89. The molecule has 1 amide bonds. The highest BCUT2D eigenvalue weighted by atomic mass is 16.1. The van der Waals surface area contributed by atoms with Gasteiger partial charge in [-0.05, 0) is 33.0 Å². The fourth-order valence-corrected chi connectivity index (χ4v) is 2.07. The van der Waals surface area contributed by atoms with Gasteiger partial charge in [0.1, 0.15) is 0 Å². The van der Waals surface area contributed by atoms with Gasteiger partial charge in [0.2, 0.25) is 0 Å². The van der Waals surface area contributed by atoms with Gasteiger partial charge in [-0.3, -0.25) is 4.79 Å². The van der Waals surface area contributed by atoms with Crippen molar-refractivity contribution < 1.29 is 4.79 Å². The third-order valence-corrected chi connectivity index (χ3v) is 2.97. The molecule has 5 nitrogen and oxygen atoms in total. The highest BCUT2D eigenvalue weighted by molar-refractivity contribution is 5.89. The summed E-state index contributed by atoms with van der Waals surface area (Å²) in [6.07, 6.45) is 5.58. The lowest BCUT2D eigenvalue weighted by Crippen LogP contribution is -2.33. The molecule has 0 bridgehead atoms. The number of hydrogen-bond acceptors (Lipinski definition) is 3. The summed E-state index contributed by atoms with van der Waals surface area (Å²) in [5.41, 5.74) is 5.26. The molecule has 0 aliphatic carbocycles. The molecule has 1 aliphatic rings. The normalized spacial score (nSPS) is 19.3. The molecule has 1 fully saturated rings. The summed E-state index contributed by atoms with van der Waals surface area (Å²) >= 11 is 0. The largest absolute Gasteiger partial charge is 0.363 e. The van der Waals surface area contributed by atoms with E-state index in [1.165, 1.54) is 0 Å². The van der Waals surface area contributed by atoms with Gasteiger partial charge in [0.15, 0.2) is 5.82 Å². The van der Waals surface area contributed by atoms with E-state index in [-0.39, 0.29) is 0 Å². The van der Waals surface area contributed by atoms with Crippen molar-refractivity contribution in [1.29, 1.82) is 0 Å². The fraction of sp³-hybridized carbons (Fsp3) is 0.600. The number of nitrogens with two attached hydrogens (primary N) is 1. The summed E-state index contributed by atoms with van der Waals surface area (Å²) in [4.78, 5) is 17.4. The van der Waals surface area contributed by atoms with Gasteiger partial charge in [-0.15, -0.1) is 0 Å². The van der Waals surface area contributed by atoms with Crippen LogP contribution in [-0.4, -0.2) is 40.5 Å². The molecular formula is C10H16N4O. The number of likely N-dealkylation sites (tertiary alicyclic amines) is 1. The van der Waals surface area contributed by atoms with Gasteiger partial charge in [0, 0.05) is 18.4 Å². The van der Waals surface area contributed by atoms with Crippen LogP contribution in [0.15, 0.2) is 12.4 Å². The van der Waals surface area contributed by atoms with Gasteiger partial charge in [0.25, 0.3) is 5.91 Å². The number of aromatic nitrogens is 2. The zero-order chi connectivity index (χ0) is 10.8. The molecule has 2 rings (SSSR count). The molecule has 0 aromatic carbocycles. The van der Waals surface area contributed by atoms with E-state index < -0.39 is 5.91 Å². The molecule has 1 aliphatic heterocycles. The van der Waals surface area contributed by atoms with Gasteiger partial charge in [-0.1, -0.05) is 0 Å². The predicted octanol–water partition coefficient (Wildman–Crippen LogP) is 0.249. The van der Waals surface area contributed by atoms with Crippen LogP contribution in [0.4, 0.5) is 0 Å². The van der Waals surface area contributed by atoms with E-state index in [4.69, 9.17) is 5.73 Å². The van der Waals surface area contributed by atoms with Crippen molar-refractivity contribution in [3.05, 3.63) is 18.2 Å². The Kier molecular flexibility index (Phi) is 2.73. The van der Waals surface area contributed by atoms with Gasteiger partial charge >= 0.3 is 0 Å². The second-order valence-electron chi connectivity index (χ2n) is 4.06. The third-order valence-electron chi connectivity index (χ3n) is 2.97. The quantitative estimate of drug-likeness (QED) is 0.757. The third kappa shape index (κ3) is 2.02. The number of amides is 1. The highest BCUT2D eigenvalue weighted by Gasteiger charge is 2.21. The molecule has 1 aromatic heterocycles. The van der Waals surface area contributed by atoms with Crippen LogP contribution in [0.2, 0.25) is 0 Å². The minimum Gasteiger partial charge on any atom is -0.363 e. The Labute approximate surface area is 88.9 Å². The Morgan fingerprint density at radius 2 is 2.20 bits per heavy atom. The second-order valence-corrected chi connectivity index (χ2v) is 4.06. The summed E-state index contributed by atoms with van der Waals surface area (Å²) in [5.74, 6) is -0.0662. The van der Waals surface area contributed by atoms with Crippen LogP contribution >= 0.6 is 0 Å². The maximum absolute atomic E-state index is 11.1. The number of hydrogen-bond donors (Lipinski definition) is 1. The zero-order valence-corrected chi connectivity index (χ0v) is 8.89. The lowest BCUT2D eigenvalue weighted by atomic mass is 10.1. The average Bonchev–Trinajstić information content (AvgIpc) is 2.67. The van der Waals surface area contributed by atoms with Crippen LogP contribution < -0.4 is 5.73 Å². The van der Waals surface area contributed by atoms with Crippen molar-refractivity contribution in [2.24, 2.45) is 5.73 Å². The molecule has 82 valence electrons. The van der Waals surface area contributed by atoms with Gasteiger partial charge in [-0.25, -0.2) is 4.98 Å². The Balaban J connectivity index is 2.15. The molecule has 1 saturated heterocycles. The molecule has 0 radical (unpaired) electrons. The molecule has 0 saturated carbocycles. The molecule has 0 spiro atoms. The summed E-state index contributed by atoms with van der Waals surface area (Å²) < 4.78 is 1.91. The number of carbonyl (C=O) groups excluding carboxylic acids is 1. The van der Waals surface area contributed by atoms with Crippen LogP contribution in [0.5, 0.6) is 0 Å². The van der Waals surface area contributed by atoms with E-state index in [1.807, 2.05) is 10.8 Å². The molecule has 1 aromatic rings. The molecule has 0 atom stereocenters. The van der Waals surface area contributed by atoms with Gasteiger partial charge < -0.3 is 15.2 Å². The number of carbonyl (C=O) groups is 1. The number of imidazole rings is 1. The van der Waals surface area contributed by atoms with Crippen molar-refractivity contribution in [3.63, 3.8) is 0 Å². The summed E-state index contributed by atoms with van der Waals surface area (Å²) in [5, 5.41) is 0. The Bertz CT molecular complexity index is 352. The number of piperidine rings is 1. The minimum atomic E-state index is -0.445. The highest BCUT2D eigenvalue weighted by Crippen LogP contribution is 2.22. The summed E-state index contributed by atoms with van der Waals surface area (Å²) in [7, 11) is 2.11. The summed E-state index contributed by atoms with van der Waals surface area (Å²) in [6, 6.07) is 0.367. The Hall–Kier alpha value is -1.36. The fourth-order valence-electron chi connectivity index (χ4n) is 2.07. The molecule has 2 heterocycles. The van der Waals surface area contributed by atoms with Crippen LogP contribution in [-0.2, 0) is 0 Å². The maximum Gasteiger partial charge on any atom is 0.284 e. The lowest BCUT2D eigenvalue weighted by Gasteiger charge is -2.30. The first-order valence-corrected chi connectivity index (χ1v) is 5.19. The predicted molar refractivity (Wildman–Crippen MR) is 56.5 cm³/mol. The van der Waals surface area contributed by atoms with Crippen molar-refractivity contribution in [3.8, 4) is 0 Å². The van der Waals surface area contributed by atoms with Crippen LogP contribution in [0.1, 0.15) is 29.5 Å². The van der Waals surface area contributed by atoms with Crippen molar-refractivity contribution >= 4 is 5.91 Å². The van der Waals surface area contributed by atoms with Gasteiger partial charge in [0.05, 0.1) is 0 Å². The second kappa shape index (κ2) is 4.02. The first-order valence-electron chi connectivity index (χ1n) is 5.19. The standard InChI is InChI=1S/C10H16N4O/c1-13-5-2-8(3-6-13)14-7-4-12-10(14)9(11)15/h4,7-8H,2-3,5-6H2,1H3,(H2,11,15). The van der Waals surface area contributed by atoms with Crippen LogP contribution in [0.25, 0.3) is 0 Å². The van der Waals surface area contributed by atoms with Crippen molar-refractivity contribution in [2.75, 3.05) is 20.1 Å².